The van der Waals surface area contributed by atoms with Gasteiger partial charge < -0.3 is 20.1 Å². The van der Waals surface area contributed by atoms with Crippen molar-refractivity contribution in [1.29, 1.82) is 0 Å². The van der Waals surface area contributed by atoms with Crippen LogP contribution in [0.15, 0.2) is 23.8 Å². The number of carboxylic acids is 1. The summed E-state index contributed by atoms with van der Waals surface area (Å²) in [5.41, 5.74) is 0.137. The number of ether oxygens (including phenoxy) is 1. The van der Waals surface area contributed by atoms with E-state index in [-0.39, 0.29) is 42.3 Å². The molecule has 39 heavy (non-hydrogen) atoms. The third kappa shape index (κ3) is 8.81. The Hall–Kier alpha value is -3.41. The Bertz CT molecular complexity index is 1150. The van der Waals surface area contributed by atoms with Gasteiger partial charge >= 0.3 is 11.9 Å². The predicted molar refractivity (Wildman–Crippen MR) is 144 cm³/mol. The van der Waals surface area contributed by atoms with Crippen LogP contribution in [0.25, 0.3) is 0 Å². The Labute approximate surface area is 232 Å². The Morgan fingerprint density at radius 2 is 1.82 bits per heavy atom. The van der Waals surface area contributed by atoms with Gasteiger partial charge in [-0.15, -0.1) is 11.3 Å². The van der Waals surface area contributed by atoms with Crippen LogP contribution < -0.4 is 5.32 Å². The maximum Gasteiger partial charge on any atom is 0.306 e. The standard InChI is InChI=1S/C27H37N5O6S/c1-15(2)21(32(5)26(35)18-7-8-18)13-22(38-17(4)33)25-31-20(14-39-25)24(34)30-19(11-16(3)27(36)37)12-23-28-9-6-10-29-23/h6,9-10,14-16,18-19,21-22H,7-8,11-13H2,1-5H3,(H,30,34)(H,36,37). The molecule has 0 radical (unpaired) electrons. The fourth-order valence-corrected chi connectivity index (χ4v) is 5.29. The molecule has 1 aliphatic carbocycles. The molecule has 1 fully saturated rings. The number of nitrogens with zero attached hydrogens (tertiary/aromatic N) is 4. The quantitative estimate of drug-likeness (QED) is 0.332. The molecule has 3 rings (SSSR count). The van der Waals surface area contributed by atoms with Gasteiger partial charge in [-0.2, -0.15) is 0 Å². The lowest BCUT2D eigenvalue weighted by atomic mass is 9.96. The molecule has 2 aromatic rings. The van der Waals surface area contributed by atoms with Gasteiger partial charge in [0.05, 0.1) is 5.92 Å². The van der Waals surface area contributed by atoms with Crippen molar-refractivity contribution in [2.45, 2.75) is 78.0 Å². The normalized spacial score (nSPS) is 16.2. The lowest BCUT2D eigenvalue weighted by Crippen LogP contribution is -2.42. The van der Waals surface area contributed by atoms with Crippen molar-refractivity contribution in [2.75, 3.05) is 7.05 Å². The van der Waals surface area contributed by atoms with E-state index in [2.05, 4.69) is 20.3 Å². The minimum Gasteiger partial charge on any atom is -0.481 e. The van der Waals surface area contributed by atoms with E-state index in [1.165, 1.54) is 18.3 Å². The third-order valence-corrected chi connectivity index (χ3v) is 7.71. The SMILES string of the molecule is CC(=O)OC(CC(C(C)C)N(C)C(=O)C1CC1)c1nc(C(=O)NC(Cc2ncccn2)CC(C)C(=O)O)cs1. The van der Waals surface area contributed by atoms with Gasteiger partial charge in [0.1, 0.15) is 16.5 Å². The number of carboxylic acid groups (broad SMARTS) is 1. The smallest absolute Gasteiger partial charge is 0.306 e. The molecule has 2 amide bonds. The van der Waals surface area contributed by atoms with Crippen molar-refractivity contribution in [3.8, 4) is 0 Å². The molecule has 1 aliphatic rings. The number of thiazole rings is 1. The van der Waals surface area contributed by atoms with E-state index in [1.807, 2.05) is 13.8 Å². The van der Waals surface area contributed by atoms with Gasteiger partial charge in [-0.05, 0) is 31.2 Å². The number of aromatic nitrogens is 3. The van der Waals surface area contributed by atoms with Crippen LogP contribution >= 0.6 is 11.3 Å². The molecule has 1 saturated carbocycles. The Morgan fingerprint density at radius 3 is 2.38 bits per heavy atom. The van der Waals surface area contributed by atoms with Crippen LogP contribution in [0.1, 0.15) is 80.8 Å². The molecular weight excluding hydrogens is 522 g/mol. The second kappa shape index (κ2) is 13.6. The van der Waals surface area contributed by atoms with Crippen molar-refractivity contribution in [3.05, 3.63) is 40.4 Å². The zero-order chi connectivity index (χ0) is 28.7. The topological polar surface area (TPSA) is 152 Å². The summed E-state index contributed by atoms with van der Waals surface area (Å²) >= 11 is 1.20. The second-order valence-electron chi connectivity index (χ2n) is 10.5. The third-order valence-electron chi connectivity index (χ3n) is 6.78. The van der Waals surface area contributed by atoms with Crippen molar-refractivity contribution < 1.29 is 29.0 Å². The van der Waals surface area contributed by atoms with E-state index < -0.39 is 35.9 Å². The summed E-state index contributed by atoms with van der Waals surface area (Å²) in [6.07, 6.45) is 5.04. The van der Waals surface area contributed by atoms with Crippen molar-refractivity contribution in [1.82, 2.24) is 25.2 Å². The van der Waals surface area contributed by atoms with Crippen LogP contribution in [0.3, 0.4) is 0 Å². The molecule has 0 aromatic carbocycles. The Balaban J connectivity index is 1.76. The summed E-state index contributed by atoms with van der Waals surface area (Å²) in [5, 5.41) is 14.3. The fraction of sp³-hybridized carbons (Fsp3) is 0.593. The largest absolute Gasteiger partial charge is 0.481 e. The van der Waals surface area contributed by atoms with Gasteiger partial charge in [-0.25, -0.2) is 15.0 Å². The van der Waals surface area contributed by atoms with Crippen LogP contribution in [-0.4, -0.2) is 67.8 Å². The number of hydrogen-bond acceptors (Lipinski definition) is 9. The summed E-state index contributed by atoms with van der Waals surface area (Å²) < 4.78 is 5.61. The van der Waals surface area contributed by atoms with E-state index in [9.17, 15) is 24.3 Å². The molecular formula is C27H37N5O6S. The first-order chi connectivity index (χ1) is 18.5. The van der Waals surface area contributed by atoms with Crippen LogP contribution in [0.4, 0.5) is 0 Å². The number of carbonyl (C=O) groups excluding carboxylic acids is 3. The Morgan fingerprint density at radius 1 is 1.15 bits per heavy atom. The second-order valence-corrected chi connectivity index (χ2v) is 11.3. The van der Waals surface area contributed by atoms with Gasteiger partial charge in [-0.1, -0.05) is 20.8 Å². The molecule has 0 bridgehead atoms. The van der Waals surface area contributed by atoms with Crippen LogP contribution in [0, 0.1) is 17.8 Å². The average Bonchev–Trinajstić information content (AvgIpc) is 3.61. The summed E-state index contributed by atoms with van der Waals surface area (Å²) in [7, 11) is 1.78. The van der Waals surface area contributed by atoms with Gasteiger partial charge in [0, 0.05) is 62.6 Å². The lowest BCUT2D eigenvalue weighted by Gasteiger charge is -2.33. The number of rotatable bonds is 14. The minimum atomic E-state index is -0.965. The summed E-state index contributed by atoms with van der Waals surface area (Å²) in [5.74, 6) is -1.86. The number of nitrogens with one attached hydrogen (secondary N) is 1. The molecule has 4 unspecified atom stereocenters. The number of amides is 2. The first kappa shape index (κ1) is 30.1. The first-order valence-electron chi connectivity index (χ1n) is 13.1. The number of aliphatic carboxylic acids is 1. The van der Waals surface area contributed by atoms with E-state index >= 15 is 0 Å². The fourth-order valence-electron chi connectivity index (χ4n) is 4.45. The van der Waals surface area contributed by atoms with E-state index in [0.29, 0.717) is 17.3 Å². The minimum absolute atomic E-state index is 0.0664. The molecule has 0 saturated heterocycles. The highest BCUT2D eigenvalue weighted by atomic mass is 32.1. The summed E-state index contributed by atoms with van der Waals surface area (Å²) in [6, 6.07) is 0.959. The highest BCUT2D eigenvalue weighted by Crippen LogP contribution is 2.35. The summed E-state index contributed by atoms with van der Waals surface area (Å²) in [6.45, 7) is 6.93. The maximum absolute atomic E-state index is 13.1. The average molecular weight is 560 g/mol. The van der Waals surface area contributed by atoms with E-state index in [0.717, 1.165) is 12.8 Å². The maximum atomic E-state index is 13.1. The molecule has 212 valence electrons. The molecule has 12 heteroatoms. The highest BCUT2D eigenvalue weighted by Gasteiger charge is 2.37. The Kier molecular flexibility index (Phi) is 10.5. The van der Waals surface area contributed by atoms with E-state index in [4.69, 9.17) is 4.74 Å². The van der Waals surface area contributed by atoms with E-state index in [1.54, 1.807) is 42.7 Å². The number of hydrogen-bond donors (Lipinski definition) is 2. The van der Waals surface area contributed by atoms with Gasteiger partial charge in [0.15, 0.2) is 6.10 Å². The molecule has 2 aromatic heterocycles. The van der Waals surface area contributed by atoms with Crippen molar-refractivity contribution in [2.24, 2.45) is 17.8 Å². The molecule has 2 N–H and O–H groups in total. The van der Waals surface area contributed by atoms with Gasteiger partial charge in [0.25, 0.3) is 5.91 Å². The van der Waals surface area contributed by atoms with Crippen molar-refractivity contribution >= 4 is 35.1 Å². The monoisotopic (exact) mass is 559 g/mol. The molecule has 4 atom stereocenters. The lowest BCUT2D eigenvalue weighted by molar-refractivity contribution is -0.148. The zero-order valence-electron chi connectivity index (χ0n) is 23.0. The first-order valence-corrected chi connectivity index (χ1v) is 14.0. The number of carbonyl (C=O) groups is 4. The van der Waals surface area contributed by atoms with Gasteiger partial charge in [0.2, 0.25) is 5.91 Å². The van der Waals surface area contributed by atoms with Gasteiger partial charge in [-0.3, -0.25) is 19.2 Å². The predicted octanol–water partition coefficient (Wildman–Crippen LogP) is 3.27. The molecule has 0 spiro atoms. The van der Waals surface area contributed by atoms with Crippen LogP contribution in [0.2, 0.25) is 0 Å². The number of esters is 1. The van der Waals surface area contributed by atoms with Crippen LogP contribution in [0.5, 0.6) is 0 Å². The molecule has 2 heterocycles. The zero-order valence-corrected chi connectivity index (χ0v) is 23.8. The molecule has 11 nitrogen and oxygen atoms in total. The van der Waals surface area contributed by atoms with Crippen LogP contribution in [-0.2, 0) is 25.5 Å². The van der Waals surface area contributed by atoms with Crippen molar-refractivity contribution in [3.63, 3.8) is 0 Å². The molecule has 0 aliphatic heterocycles. The summed E-state index contributed by atoms with van der Waals surface area (Å²) in [4.78, 5) is 63.9. The highest BCUT2D eigenvalue weighted by molar-refractivity contribution is 7.09.